The molecule has 0 aromatic heterocycles. The molecule has 0 aromatic carbocycles. The van der Waals surface area contributed by atoms with E-state index in [4.69, 9.17) is 10.4 Å². The number of rotatable bonds is 4. The average Bonchev–Trinajstić information content (AvgIpc) is 1.84. The van der Waals surface area contributed by atoms with E-state index in [1.54, 1.807) is 0 Å². The molecule has 1 unspecified atom stereocenters. The number of carbonyl (C=O) groups is 1. The van der Waals surface area contributed by atoms with Crippen molar-refractivity contribution >= 4 is 5.97 Å². The fourth-order valence-corrected chi connectivity index (χ4v) is 0.962. The third-order valence-corrected chi connectivity index (χ3v) is 1.36. The molecule has 0 aliphatic carbocycles. The average molecular weight is 157 g/mol. The first-order valence-corrected chi connectivity index (χ1v) is 3.67. The highest BCUT2D eigenvalue weighted by Gasteiger charge is 2.13. The van der Waals surface area contributed by atoms with Gasteiger partial charge in [-0.2, -0.15) is 5.26 Å². The second-order valence-corrected chi connectivity index (χ2v) is 3.05. The van der Waals surface area contributed by atoms with Crippen molar-refractivity contribution < 1.29 is 9.90 Å². The lowest BCUT2D eigenvalue weighted by molar-refractivity contribution is -0.137. The van der Waals surface area contributed by atoms with Crippen LogP contribution < -0.4 is 0 Å². The summed E-state index contributed by atoms with van der Waals surface area (Å²) in [5.41, 5.74) is 0. The van der Waals surface area contributed by atoms with Crippen LogP contribution >= 0.6 is 0 Å². The zero-order valence-corrected chi connectivity index (χ0v) is 6.87. The highest BCUT2D eigenvalue weighted by atomic mass is 16.5. The summed E-state index contributed by atoms with van der Waals surface area (Å²) in [6.07, 6.45) is 0.636. The molecule has 0 aromatic rings. The monoisotopic (exact) mass is 157 g/mol. The van der Waals surface area contributed by atoms with E-state index in [9.17, 15) is 4.79 Å². The van der Waals surface area contributed by atoms with Crippen LogP contribution in [-0.2, 0) is 4.79 Å². The van der Waals surface area contributed by atoms with Crippen molar-refractivity contribution in [3.05, 3.63) is 0 Å². The van der Waals surface area contributed by atoms with Crippen LogP contribution in [0.3, 0.4) is 0 Å². The molecule has 3 nitrogen and oxygen atoms in total. The standard InChI is InChI=1S/C8H13NO2/c1-6(2)3-7(5-9)4-8(10)11/h6-7H,3-4H2,1-2H3,(H,10,11)/i4+1,8+1. The summed E-state index contributed by atoms with van der Waals surface area (Å²) in [6, 6.07) is 1.98. The molecule has 1 atom stereocenters. The summed E-state index contributed by atoms with van der Waals surface area (Å²) in [5, 5.41) is 16.9. The zero-order valence-electron chi connectivity index (χ0n) is 6.87. The summed E-state index contributed by atoms with van der Waals surface area (Å²) >= 11 is 0. The van der Waals surface area contributed by atoms with Crippen LogP contribution in [-0.4, -0.2) is 11.1 Å². The number of aliphatic carboxylic acids is 1. The molecule has 0 aliphatic rings. The van der Waals surface area contributed by atoms with E-state index in [2.05, 4.69) is 0 Å². The fraction of sp³-hybridized carbons (Fsp3) is 0.750. The van der Waals surface area contributed by atoms with Crippen LogP contribution in [0, 0.1) is 23.2 Å². The largest absolute Gasteiger partial charge is 0.481 e. The van der Waals surface area contributed by atoms with Gasteiger partial charge in [0.05, 0.1) is 18.4 Å². The highest BCUT2D eigenvalue weighted by Crippen LogP contribution is 2.13. The van der Waals surface area contributed by atoms with Crippen molar-refractivity contribution in [2.24, 2.45) is 11.8 Å². The van der Waals surface area contributed by atoms with Gasteiger partial charge in [0.25, 0.3) is 0 Å². The maximum Gasteiger partial charge on any atom is 0.304 e. The molecule has 62 valence electrons. The molecule has 0 aliphatic heterocycles. The van der Waals surface area contributed by atoms with Crippen LogP contribution in [0.5, 0.6) is 0 Å². The molecular weight excluding hydrogens is 144 g/mol. The summed E-state index contributed by atoms with van der Waals surface area (Å²) in [5.74, 6) is -0.830. The minimum absolute atomic E-state index is 0.0331. The fourth-order valence-electron chi connectivity index (χ4n) is 0.962. The smallest absolute Gasteiger partial charge is 0.304 e. The van der Waals surface area contributed by atoms with Crippen molar-refractivity contribution in [1.29, 1.82) is 5.26 Å². The number of carboxylic acids is 1. The second-order valence-electron chi connectivity index (χ2n) is 3.05. The summed E-state index contributed by atoms with van der Waals surface area (Å²) in [7, 11) is 0. The Morgan fingerprint density at radius 1 is 1.64 bits per heavy atom. The minimum Gasteiger partial charge on any atom is -0.481 e. The lowest BCUT2D eigenvalue weighted by Gasteiger charge is -2.07. The Bertz CT molecular complexity index is 169. The number of nitrogens with zero attached hydrogens (tertiary/aromatic N) is 1. The Labute approximate surface area is 66.6 Å². The van der Waals surface area contributed by atoms with Gasteiger partial charge in [0, 0.05) is 0 Å². The van der Waals surface area contributed by atoms with E-state index >= 15 is 0 Å². The van der Waals surface area contributed by atoms with E-state index in [0.717, 1.165) is 0 Å². The normalized spacial score (nSPS) is 12.5. The lowest BCUT2D eigenvalue weighted by atomic mass is 10.0. The van der Waals surface area contributed by atoms with Gasteiger partial charge in [0.2, 0.25) is 0 Å². The number of hydrogen-bond donors (Lipinski definition) is 1. The third-order valence-electron chi connectivity index (χ3n) is 1.36. The first-order chi connectivity index (χ1) is 5.06. The summed E-state index contributed by atoms with van der Waals surface area (Å²) < 4.78 is 0. The van der Waals surface area contributed by atoms with Crippen LogP contribution in [0.2, 0.25) is 0 Å². The summed E-state index contributed by atoms with van der Waals surface area (Å²) in [4.78, 5) is 10.2. The van der Waals surface area contributed by atoms with Crippen molar-refractivity contribution in [1.82, 2.24) is 0 Å². The van der Waals surface area contributed by atoms with E-state index in [1.165, 1.54) is 0 Å². The van der Waals surface area contributed by atoms with Crippen LogP contribution in [0.4, 0.5) is 0 Å². The minimum atomic E-state index is -0.891. The first kappa shape index (κ1) is 9.96. The number of carboxylic acid groups (broad SMARTS) is 1. The maximum atomic E-state index is 10.2. The Balaban J connectivity index is 3.79. The molecule has 0 saturated carbocycles. The Kier molecular flexibility index (Phi) is 4.28. The van der Waals surface area contributed by atoms with Gasteiger partial charge in [0.15, 0.2) is 0 Å². The van der Waals surface area contributed by atoms with E-state index in [1.807, 2.05) is 19.9 Å². The third kappa shape index (κ3) is 5.41. The molecule has 0 heterocycles. The van der Waals surface area contributed by atoms with Gasteiger partial charge in [-0.15, -0.1) is 0 Å². The van der Waals surface area contributed by atoms with Crippen molar-refractivity contribution in [3.63, 3.8) is 0 Å². The van der Waals surface area contributed by atoms with E-state index in [0.29, 0.717) is 12.3 Å². The van der Waals surface area contributed by atoms with Gasteiger partial charge in [-0.1, -0.05) is 13.8 Å². The zero-order chi connectivity index (χ0) is 8.85. The summed E-state index contributed by atoms with van der Waals surface area (Å²) in [6.45, 7) is 3.96. The Morgan fingerprint density at radius 3 is 2.45 bits per heavy atom. The van der Waals surface area contributed by atoms with Crippen LogP contribution in [0.25, 0.3) is 0 Å². The Hall–Kier alpha value is -1.04. The Morgan fingerprint density at radius 2 is 2.18 bits per heavy atom. The molecule has 1 N–H and O–H groups in total. The van der Waals surface area contributed by atoms with Gasteiger partial charge >= 0.3 is 5.97 Å². The van der Waals surface area contributed by atoms with Crippen molar-refractivity contribution in [2.75, 3.05) is 0 Å². The molecule has 0 fully saturated rings. The topological polar surface area (TPSA) is 61.1 Å². The molecule has 0 amide bonds. The molecular formula is C8H13NO2. The SMILES string of the molecule is CC(C)CC(C#N)[13CH2][13C](=O)O. The molecule has 3 heteroatoms. The molecule has 0 radical (unpaired) electrons. The first-order valence-electron chi connectivity index (χ1n) is 3.67. The molecule has 0 rings (SSSR count). The van der Waals surface area contributed by atoms with Gasteiger partial charge in [0.1, 0.15) is 0 Å². The predicted octanol–water partition coefficient (Wildman–Crippen LogP) is 1.65. The van der Waals surface area contributed by atoms with E-state index in [-0.39, 0.29) is 12.3 Å². The maximum absolute atomic E-state index is 10.2. The quantitative estimate of drug-likeness (QED) is 0.631. The second kappa shape index (κ2) is 4.73. The number of nitriles is 1. The van der Waals surface area contributed by atoms with Crippen LogP contribution in [0.15, 0.2) is 0 Å². The highest BCUT2D eigenvalue weighted by molar-refractivity contribution is 5.67. The van der Waals surface area contributed by atoms with Gasteiger partial charge in [-0.3, -0.25) is 4.79 Å². The number of hydrogen-bond acceptors (Lipinski definition) is 2. The van der Waals surface area contributed by atoms with Gasteiger partial charge < -0.3 is 5.11 Å². The van der Waals surface area contributed by atoms with Gasteiger partial charge in [-0.25, -0.2) is 0 Å². The molecule has 0 bridgehead atoms. The van der Waals surface area contributed by atoms with Gasteiger partial charge in [-0.05, 0) is 12.3 Å². The molecule has 0 saturated heterocycles. The molecule has 0 spiro atoms. The van der Waals surface area contributed by atoms with Crippen molar-refractivity contribution in [2.45, 2.75) is 26.7 Å². The van der Waals surface area contributed by atoms with Crippen molar-refractivity contribution in [3.8, 4) is 6.07 Å². The molecule has 11 heavy (non-hydrogen) atoms. The lowest BCUT2D eigenvalue weighted by Crippen LogP contribution is -2.08. The van der Waals surface area contributed by atoms with E-state index < -0.39 is 5.97 Å². The predicted molar refractivity (Wildman–Crippen MR) is 40.8 cm³/mol. The van der Waals surface area contributed by atoms with Crippen LogP contribution in [0.1, 0.15) is 26.7 Å².